The second-order valence-electron chi connectivity index (χ2n) is 5.01. The molecule has 0 unspecified atom stereocenters. The lowest BCUT2D eigenvalue weighted by Crippen LogP contribution is -2.16. The predicted molar refractivity (Wildman–Crippen MR) is 85.2 cm³/mol. The average Bonchev–Trinajstić information content (AvgIpc) is 2.94. The van der Waals surface area contributed by atoms with E-state index in [2.05, 4.69) is 15.3 Å². The molecule has 3 aromatic rings. The molecule has 7 heteroatoms. The summed E-state index contributed by atoms with van der Waals surface area (Å²) in [7, 11) is 0. The van der Waals surface area contributed by atoms with Crippen LogP contribution in [0, 0.1) is 0 Å². The van der Waals surface area contributed by atoms with E-state index in [1.54, 1.807) is 30.3 Å². The van der Waals surface area contributed by atoms with Crippen LogP contribution in [0.1, 0.15) is 5.56 Å². The van der Waals surface area contributed by atoms with Crippen LogP contribution < -0.4 is 5.32 Å². The molecule has 122 valence electrons. The molecule has 0 atom stereocenters. The molecule has 0 aliphatic heterocycles. The number of nitrogens with zero attached hydrogens (tertiary/aromatic N) is 1. The minimum atomic E-state index is -4.65. The van der Waals surface area contributed by atoms with Crippen molar-refractivity contribution in [3.8, 4) is 0 Å². The number of carbonyl (C=O) groups excluding carboxylic acids is 1. The summed E-state index contributed by atoms with van der Waals surface area (Å²) in [6.07, 6.45) is -4.12. The van der Waals surface area contributed by atoms with Gasteiger partial charge in [-0.1, -0.05) is 42.5 Å². The first-order valence-corrected chi connectivity index (χ1v) is 7.03. The molecule has 0 fully saturated rings. The number of rotatable bonds is 3. The highest BCUT2D eigenvalue weighted by atomic mass is 19.4. The van der Waals surface area contributed by atoms with Crippen molar-refractivity contribution in [2.24, 2.45) is 0 Å². The van der Waals surface area contributed by atoms with E-state index in [4.69, 9.17) is 0 Å². The summed E-state index contributed by atoms with van der Waals surface area (Å²) in [5.74, 6) is -0.822. The van der Waals surface area contributed by atoms with Gasteiger partial charge >= 0.3 is 6.18 Å². The lowest BCUT2D eigenvalue weighted by molar-refractivity contribution is -0.112. The SMILES string of the molecule is O=C(/C=C(/c1ccccc1)C(F)(F)F)Nc1nc2ccccc2[nH]1. The smallest absolute Gasteiger partial charge is 0.324 e. The minimum Gasteiger partial charge on any atom is -0.324 e. The minimum absolute atomic E-state index is 0.0789. The van der Waals surface area contributed by atoms with Crippen molar-refractivity contribution in [1.29, 1.82) is 0 Å². The molecule has 0 saturated carbocycles. The summed E-state index contributed by atoms with van der Waals surface area (Å²) in [6, 6.07) is 14.2. The third-order valence-electron chi connectivity index (χ3n) is 3.30. The number of anilines is 1. The molecule has 0 aliphatic rings. The molecule has 0 spiro atoms. The number of aromatic amines is 1. The van der Waals surface area contributed by atoms with E-state index in [9.17, 15) is 18.0 Å². The first-order chi connectivity index (χ1) is 11.4. The number of imidazole rings is 1. The van der Waals surface area contributed by atoms with Crippen molar-refractivity contribution in [3.63, 3.8) is 0 Å². The van der Waals surface area contributed by atoms with Crippen LogP contribution in [0.15, 0.2) is 60.7 Å². The predicted octanol–water partition coefficient (Wildman–Crippen LogP) is 4.15. The zero-order chi connectivity index (χ0) is 17.2. The lowest BCUT2D eigenvalue weighted by atomic mass is 10.1. The topological polar surface area (TPSA) is 57.8 Å². The molecule has 2 aromatic carbocycles. The first-order valence-electron chi connectivity index (χ1n) is 7.03. The second kappa shape index (κ2) is 6.19. The van der Waals surface area contributed by atoms with Crippen LogP contribution in [0.5, 0.6) is 0 Å². The van der Waals surface area contributed by atoms with Crippen molar-refractivity contribution in [1.82, 2.24) is 9.97 Å². The van der Waals surface area contributed by atoms with Crippen LogP contribution in [0.25, 0.3) is 16.6 Å². The maximum Gasteiger partial charge on any atom is 0.417 e. The number of para-hydroxylation sites is 2. The average molecular weight is 331 g/mol. The Morgan fingerprint density at radius 3 is 2.38 bits per heavy atom. The molecule has 0 saturated heterocycles. The fourth-order valence-corrected chi connectivity index (χ4v) is 2.24. The molecular weight excluding hydrogens is 319 g/mol. The standard InChI is InChI=1S/C17H12F3N3O/c18-17(19,20)12(11-6-2-1-3-7-11)10-15(24)23-16-21-13-8-4-5-9-14(13)22-16/h1-10H,(H2,21,22,23,24)/b12-10-. The monoisotopic (exact) mass is 331 g/mol. The number of fused-ring (bicyclic) bond motifs is 1. The third-order valence-corrected chi connectivity index (χ3v) is 3.30. The Labute approximate surface area is 135 Å². The quantitative estimate of drug-likeness (QED) is 0.709. The molecule has 0 radical (unpaired) electrons. The van der Waals surface area contributed by atoms with E-state index in [1.807, 2.05) is 0 Å². The van der Waals surface area contributed by atoms with Gasteiger partial charge in [0.15, 0.2) is 0 Å². The number of allylic oxidation sites excluding steroid dienone is 1. The molecule has 0 bridgehead atoms. The Bertz CT molecular complexity index is 865. The van der Waals surface area contributed by atoms with Crippen molar-refractivity contribution >= 4 is 28.5 Å². The number of amides is 1. The summed E-state index contributed by atoms with van der Waals surface area (Å²) in [5, 5.41) is 2.32. The summed E-state index contributed by atoms with van der Waals surface area (Å²) >= 11 is 0. The molecule has 1 aromatic heterocycles. The molecule has 3 rings (SSSR count). The number of alkyl halides is 3. The van der Waals surface area contributed by atoms with Gasteiger partial charge < -0.3 is 4.98 Å². The molecule has 1 amide bonds. The number of halogens is 3. The number of aromatic nitrogens is 2. The van der Waals surface area contributed by atoms with E-state index in [0.29, 0.717) is 17.1 Å². The lowest BCUT2D eigenvalue weighted by Gasteiger charge is -2.11. The number of H-pyrrole nitrogens is 1. The van der Waals surface area contributed by atoms with Gasteiger partial charge in [0.2, 0.25) is 5.95 Å². The van der Waals surface area contributed by atoms with Crippen molar-refractivity contribution < 1.29 is 18.0 Å². The fraction of sp³-hybridized carbons (Fsp3) is 0.0588. The summed E-state index contributed by atoms with van der Waals surface area (Å²) in [4.78, 5) is 18.9. The fourth-order valence-electron chi connectivity index (χ4n) is 2.24. The Morgan fingerprint density at radius 2 is 1.71 bits per heavy atom. The van der Waals surface area contributed by atoms with Crippen LogP contribution >= 0.6 is 0 Å². The maximum atomic E-state index is 13.2. The van der Waals surface area contributed by atoms with Gasteiger partial charge in [0.05, 0.1) is 16.6 Å². The molecule has 24 heavy (non-hydrogen) atoms. The van der Waals surface area contributed by atoms with Crippen LogP contribution in [0.4, 0.5) is 19.1 Å². The van der Waals surface area contributed by atoms with Gasteiger partial charge in [0.1, 0.15) is 0 Å². The van der Waals surface area contributed by atoms with Crippen molar-refractivity contribution in [2.75, 3.05) is 5.32 Å². The highest BCUT2D eigenvalue weighted by molar-refractivity contribution is 6.04. The molecule has 0 aliphatic carbocycles. The van der Waals surface area contributed by atoms with Crippen LogP contribution in [-0.2, 0) is 4.79 Å². The number of hydrogen-bond acceptors (Lipinski definition) is 2. The van der Waals surface area contributed by atoms with Gasteiger partial charge in [-0.15, -0.1) is 0 Å². The molecule has 4 nitrogen and oxygen atoms in total. The highest BCUT2D eigenvalue weighted by Gasteiger charge is 2.35. The third kappa shape index (κ3) is 3.45. The van der Waals surface area contributed by atoms with Crippen LogP contribution in [0.3, 0.4) is 0 Å². The number of hydrogen-bond donors (Lipinski definition) is 2. The zero-order valence-corrected chi connectivity index (χ0v) is 12.3. The highest BCUT2D eigenvalue weighted by Crippen LogP contribution is 2.33. The zero-order valence-electron chi connectivity index (χ0n) is 12.3. The second-order valence-corrected chi connectivity index (χ2v) is 5.01. The first kappa shape index (κ1) is 15.8. The van der Waals surface area contributed by atoms with Crippen LogP contribution in [0.2, 0.25) is 0 Å². The Balaban J connectivity index is 1.88. The summed E-state index contributed by atoms with van der Waals surface area (Å²) < 4.78 is 39.6. The van der Waals surface area contributed by atoms with Crippen molar-refractivity contribution in [3.05, 3.63) is 66.2 Å². The maximum absolute atomic E-state index is 13.2. The molecule has 2 N–H and O–H groups in total. The Hall–Kier alpha value is -3.09. The van der Waals surface area contributed by atoms with E-state index in [-0.39, 0.29) is 11.5 Å². The van der Waals surface area contributed by atoms with E-state index < -0.39 is 17.7 Å². The Kier molecular flexibility index (Phi) is 4.07. The largest absolute Gasteiger partial charge is 0.417 e. The summed E-state index contributed by atoms with van der Waals surface area (Å²) in [6.45, 7) is 0. The van der Waals surface area contributed by atoms with E-state index >= 15 is 0 Å². The normalized spacial score (nSPS) is 12.4. The van der Waals surface area contributed by atoms with Crippen LogP contribution in [-0.4, -0.2) is 22.1 Å². The molecule has 1 heterocycles. The van der Waals surface area contributed by atoms with E-state index in [1.165, 1.54) is 24.3 Å². The van der Waals surface area contributed by atoms with Gasteiger partial charge in [-0.2, -0.15) is 13.2 Å². The number of nitrogens with one attached hydrogen (secondary N) is 2. The van der Waals surface area contributed by atoms with Gasteiger partial charge in [-0.05, 0) is 17.7 Å². The van der Waals surface area contributed by atoms with Gasteiger partial charge in [0, 0.05) is 6.08 Å². The van der Waals surface area contributed by atoms with Crippen molar-refractivity contribution in [2.45, 2.75) is 6.18 Å². The van der Waals surface area contributed by atoms with Gasteiger partial charge in [-0.3, -0.25) is 10.1 Å². The van der Waals surface area contributed by atoms with E-state index in [0.717, 1.165) is 0 Å². The van der Waals surface area contributed by atoms with Gasteiger partial charge in [0.25, 0.3) is 5.91 Å². The van der Waals surface area contributed by atoms with Gasteiger partial charge in [-0.25, -0.2) is 4.98 Å². The number of carbonyl (C=O) groups is 1. The summed E-state index contributed by atoms with van der Waals surface area (Å²) in [5.41, 5.74) is 0.188. The number of benzene rings is 2. The Morgan fingerprint density at radius 1 is 1.04 bits per heavy atom. The molecular formula is C17H12F3N3O.